The van der Waals surface area contributed by atoms with Gasteiger partial charge in [0, 0.05) is 24.2 Å². The summed E-state index contributed by atoms with van der Waals surface area (Å²) in [6.07, 6.45) is 1.62. The minimum absolute atomic E-state index is 0.0847. The summed E-state index contributed by atoms with van der Waals surface area (Å²) in [6, 6.07) is 5.53. The Labute approximate surface area is 124 Å². The van der Waals surface area contributed by atoms with Gasteiger partial charge in [-0.15, -0.1) is 0 Å². The lowest BCUT2D eigenvalue weighted by Gasteiger charge is -2.21. The van der Waals surface area contributed by atoms with Crippen LogP contribution < -0.4 is 10.1 Å². The zero-order valence-corrected chi connectivity index (χ0v) is 12.4. The van der Waals surface area contributed by atoms with E-state index in [4.69, 9.17) is 21.1 Å². The summed E-state index contributed by atoms with van der Waals surface area (Å²) in [5, 5.41) is 3.63. The number of benzene rings is 1. The largest absolute Gasteiger partial charge is 0.492 e. The third-order valence-corrected chi connectivity index (χ3v) is 3.82. The second-order valence-corrected chi connectivity index (χ2v) is 5.34. The van der Waals surface area contributed by atoms with Crippen molar-refractivity contribution in [2.75, 3.05) is 26.4 Å². The first-order chi connectivity index (χ1) is 9.66. The lowest BCUT2D eigenvalue weighted by atomic mass is 9.99. The highest BCUT2D eigenvalue weighted by atomic mass is 35.5. The molecule has 5 heteroatoms. The first kappa shape index (κ1) is 15.1. The molecule has 2 rings (SSSR count). The fraction of sp³-hybridized carbons (Fsp3) is 0.533. The van der Waals surface area contributed by atoms with E-state index < -0.39 is 0 Å². The third-order valence-electron chi connectivity index (χ3n) is 3.39. The second kappa shape index (κ2) is 7.50. The Morgan fingerprint density at radius 1 is 1.45 bits per heavy atom. The molecular weight excluding hydrogens is 278 g/mol. The van der Waals surface area contributed by atoms with Gasteiger partial charge in [-0.25, -0.2) is 0 Å². The lowest BCUT2D eigenvalue weighted by molar-refractivity contribution is -0.127. The average molecular weight is 298 g/mol. The van der Waals surface area contributed by atoms with Crippen molar-refractivity contribution in [3.8, 4) is 5.75 Å². The number of aryl methyl sites for hydroxylation is 1. The van der Waals surface area contributed by atoms with Crippen LogP contribution in [0.1, 0.15) is 18.4 Å². The first-order valence-corrected chi connectivity index (χ1v) is 7.29. The van der Waals surface area contributed by atoms with E-state index in [0.717, 1.165) is 29.2 Å². The molecule has 1 N–H and O–H groups in total. The smallest absolute Gasteiger partial charge is 0.223 e. The van der Waals surface area contributed by atoms with Gasteiger partial charge in [-0.2, -0.15) is 0 Å². The van der Waals surface area contributed by atoms with E-state index in [0.29, 0.717) is 26.4 Å². The van der Waals surface area contributed by atoms with Gasteiger partial charge in [-0.1, -0.05) is 11.6 Å². The van der Waals surface area contributed by atoms with Crippen LogP contribution in [0.4, 0.5) is 0 Å². The predicted molar refractivity (Wildman–Crippen MR) is 78.2 cm³/mol. The van der Waals surface area contributed by atoms with Gasteiger partial charge in [0.25, 0.3) is 0 Å². The number of rotatable bonds is 5. The average Bonchev–Trinajstić information content (AvgIpc) is 2.48. The number of ether oxygens (including phenoxy) is 2. The number of amides is 1. The number of nitrogens with one attached hydrogen (secondary N) is 1. The summed E-state index contributed by atoms with van der Waals surface area (Å²) in [5.41, 5.74) is 0.982. The molecule has 0 spiro atoms. The summed E-state index contributed by atoms with van der Waals surface area (Å²) >= 11 is 5.95. The topological polar surface area (TPSA) is 47.6 Å². The van der Waals surface area contributed by atoms with E-state index in [1.807, 2.05) is 25.1 Å². The Hall–Kier alpha value is -1.26. The maximum absolute atomic E-state index is 11.9. The molecule has 1 saturated heterocycles. The first-order valence-electron chi connectivity index (χ1n) is 6.91. The molecule has 0 radical (unpaired) electrons. The molecule has 1 aromatic rings. The fourth-order valence-electron chi connectivity index (χ4n) is 2.15. The molecule has 1 aliphatic rings. The fourth-order valence-corrected chi connectivity index (χ4v) is 2.27. The highest BCUT2D eigenvalue weighted by Crippen LogP contribution is 2.20. The highest BCUT2D eigenvalue weighted by molar-refractivity contribution is 6.31. The van der Waals surface area contributed by atoms with Crippen molar-refractivity contribution in [2.45, 2.75) is 19.8 Å². The number of carbonyl (C=O) groups is 1. The van der Waals surface area contributed by atoms with Crippen molar-refractivity contribution >= 4 is 17.5 Å². The van der Waals surface area contributed by atoms with Gasteiger partial charge in [-0.3, -0.25) is 4.79 Å². The van der Waals surface area contributed by atoms with Gasteiger partial charge in [-0.05, 0) is 43.5 Å². The molecular formula is C15H20ClNO3. The monoisotopic (exact) mass is 297 g/mol. The van der Waals surface area contributed by atoms with E-state index in [1.54, 1.807) is 0 Å². The molecule has 1 heterocycles. The van der Waals surface area contributed by atoms with E-state index in [9.17, 15) is 4.79 Å². The van der Waals surface area contributed by atoms with Gasteiger partial charge < -0.3 is 14.8 Å². The third kappa shape index (κ3) is 4.39. The SMILES string of the molecule is Cc1cc(OCCNC(=O)C2CCOCC2)ccc1Cl. The molecule has 0 saturated carbocycles. The van der Waals surface area contributed by atoms with Crippen LogP contribution in [0.15, 0.2) is 18.2 Å². The molecule has 4 nitrogen and oxygen atoms in total. The van der Waals surface area contributed by atoms with Gasteiger partial charge in [0.1, 0.15) is 12.4 Å². The number of halogens is 1. The Bertz CT molecular complexity index is 458. The number of hydrogen-bond acceptors (Lipinski definition) is 3. The molecule has 20 heavy (non-hydrogen) atoms. The number of hydrogen-bond donors (Lipinski definition) is 1. The van der Waals surface area contributed by atoms with E-state index in [-0.39, 0.29) is 11.8 Å². The van der Waals surface area contributed by atoms with Crippen LogP contribution in [-0.4, -0.2) is 32.3 Å². The Kier molecular flexibility index (Phi) is 5.68. The van der Waals surface area contributed by atoms with Crippen molar-refractivity contribution in [1.29, 1.82) is 0 Å². The molecule has 1 fully saturated rings. The molecule has 0 bridgehead atoms. The lowest BCUT2D eigenvalue weighted by Crippen LogP contribution is -2.36. The molecule has 1 aliphatic heterocycles. The summed E-state index contributed by atoms with van der Waals surface area (Å²) in [5.74, 6) is 0.956. The minimum atomic E-state index is 0.0847. The summed E-state index contributed by atoms with van der Waals surface area (Å²) in [7, 11) is 0. The molecule has 1 amide bonds. The summed E-state index contributed by atoms with van der Waals surface area (Å²) in [4.78, 5) is 11.9. The predicted octanol–water partition coefficient (Wildman–Crippen LogP) is 2.57. The Balaban J connectivity index is 1.68. The normalized spacial score (nSPS) is 15.9. The second-order valence-electron chi connectivity index (χ2n) is 4.94. The van der Waals surface area contributed by atoms with E-state index in [2.05, 4.69) is 5.32 Å². The summed E-state index contributed by atoms with van der Waals surface area (Å²) in [6.45, 7) is 4.26. The van der Waals surface area contributed by atoms with Crippen LogP contribution in [0.3, 0.4) is 0 Å². The Morgan fingerprint density at radius 2 is 2.20 bits per heavy atom. The minimum Gasteiger partial charge on any atom is -0.492 e. The molecule has 0 atom stereocenters. The Morgan fingerprint density at radius 3 is 2.90 bits per heavy atom. The summed E-state index contributed by atoms with van der Waals surface area (Å²) < 4.78 is 10.8. The van der Waals surface area contributed by atoms with Gasteiger partial charge in [0.05, 0.1) is 6.54 Å². The van der Waals surface area contributed by atoms with E-state index in [1.165, 1.54) is 0 Å². The van der Waals surface area contributed by atoms with E-state index >= 15 is 0 Å². The molecule has 110 valence electrons. The van der Waals surface area contributed by atoms with Crippen LogP contribution >= 0.6 is 11.6 Å². The van der Waals surface area contributed by atoms with Gasteiger partial charge in [0.15, 0.2) is 0 Å². The number of carbonyl (C=O) groups excluding carboxylic acids is 1. The van der Waals surface area contributed by atoms with Crippen LogP contribution in [0.25, 0.3) is 0 Å². The van der Waals surface area contributed by atoms with Crippen molar-refractivity contribution in [2.24, 2.45) is 5.92 Å². The quantitative estimate of drug-likeness (QED) is 0.850. The van der Waals surface area contributed by atoms with Crippen molar-refractivity contribution in [1.82, 2.24) is 5.32 Å². The molecule has 0 aliphatic carbocycles. The molecule has 0 unspecified atom stereocenters. The van der Waals surface area contributed by atoms with Crippen molar-refractivity contribution < 1.29 is 14.3 Å². The van der Waals surface area contributed by atoms with Crippen LogP contribution in [0, 0.1) is 12.8 Å². The van der Waals surface area contributed by atoms with Crippen molar-refractivity contribution in [3.63, 3.8) is 0 Å². The van der Waals surface area contributed by atoms with Crippen LogP contribution in [0.2, 0.25) is 5.02 Å². The molecule has 0 aromatic heterocycles. The molecule has 1 aromatic carbocycles. The zero-order valence-electron chi connectivity index (χ0n) is 11.7. The zero-order chi connectivity index (χ0) is 14.4. The maximum atomic E-state index is 11.9. The van der Waals surface area contributed by atoms with Crippen molar-refractivity contribution in [3.05, 3.63) is 28.8 Å². The van der Waals surface area contributed by atoms with Gasteiger partial charge in [0.2, 0.25) is 5.91 Å². The standard InChI is InChI=1S/C15H20ClNO3/c1-11-10-13(2-3-14(11)16)20-9-6-17-15(18)12-4-7-19-8-5-12/h2-3,10,12H,4-9H2,1H3,(H,17,18). The van der Waals surface area contributed by atoms with Crippen LogP contribution in [0.5, 0.6) is 5.75 Å². The van der Waals surface area contributed by atoms with Gasteiger partial charge >= 0.3 is 0 Å². The maximum Gasteiger partial charge on any atom is 0.223 e. The van der Waals surface area contributed by atoms with Crippen LogP contribution in [-0.2, 0) is 9.53 Å². The highest BCUT2D eigenvalue weighted by Gasteiger charge is 2.20.